The Labute approximate surface area is 98.1 Å². The molecule has 1 heterocycles. The Hall–Kier alpha value is -1.57. The van der Waals surface area contributed by atoms with Crippen LogP contribution in [-0.2, 0) is 14.8 Å². The van der Waals surface area contributed by atoms with Crippen LogP contribution < -0.4 is 20.8 Å². The molecule has 2 N–H and O–H groups in total. The lowest BCUT2D eigenvalue weighted by molar-refractivity contribution is -0.112. The van der Waals surface area contributed by atoms with Gasteiger partial charge in [0.25, 0.3) is 15.9 Å². The van der Waals surface area contributed by atoms with Gasteiger partial charge in [-0.2, -0.15) is 0 Å². The molecule has 1 aliphatic rings. The van der Waals surface area contributed by atoms with Crippen LogP contribution in [0.5, 0.6) is 0 Å². The number of fused-ring (bicyclic) bond motifs is 1. The number of sulfonamides is 1. The van der Waals surface area contributed by atoms with Crippen LogP contribution in [0.4, 0.5) is 0 Å². The van der Waals surface area contributed by atoms with Crippen molar-refractivity contribution in [3.05, 3.63) is 28.3 Å². The van der Waals surface area contributed by atoms with Crippen LogP contribution in [0.2, 0.25) is 0 Å². The first kappa shape index (κ1) is 11.9. The third-order valence-electron chi connectivity index (χ3n) is 2.47. The minimum absolute atomic E-state index is 0.131. The van der Waals surface area contributed by atoms with Crippen LogP contribution >= 0.6 is 0 Å². The Balaban J connectivity index is 2.71. The largest absolute Gasteiger partial charge is 0.270 e. The summed E-state index contributed by atoms with van der Waals surface area (Å²) in [4.78, 5) is 17.2. The lowest BCUT2D eigenvalue weighted by Crippen LogP contribution is -2.36. The van der Waals surface area contributed by atoms with Crippen molar-refractivity contribution >= 4 is 22.0 Å². The first-order valence-corrected chi connectivity index (χ1v) is 6.36. The van der Waals surface area contributed by atoms with Crippen molar-refractivity contribution in [2.75, 3.05) is 7.05 Å². The molecular formula is C10H11N3O3S. The Kier molecular flexibility index (Phi) is 2.82. The number of hydrogen-bond donors (Lipinski definition) is 2. The highest BCUT2D eigenvalue weighted by Gasteiger charge is 2.18. The lowest BCUT2D eigenvalue weighted by atomic mass is 10.2. The second-order valence-corrected chi connectivity index (χ2v) is 5.22. The van der Waals surface area contributed by atoms with E-state index < -0.39 is 10.0 Å². The van der Waals surface area contributed by atoms with E-state index in [1.165, 1.54) is 25.3 Å². The summed E-state index contributed by atoms with van der Waals surface area (Å²) in [5, 5.41) is 1.07. The predicted molar refractivity (Wildman–Crippen MR) is 60.8 cm³/mol. The SMILES string of the molecule is CNNS(=O)(=O)c1ccc2c(c1C)=CC(=O)N=2. The van der Waals surface area contributed by atoms with Gasteiger partial charge in [-0.1, -0.05) is 0 Å². The highest BCUT2D eigenvalue weighted by atomic mass is 32.2. The van der Waals surface area contributed by atoms with E-state index in [4.69, 9.17) is 0 Å². The van der Waals surface area contributed by atoms with Gasteiger partial charge in [-0.3, -0.25) is 4.79 Å². The number of nitrogens with zero attached hydrogens (tertiary/aromatic N) is 1. The number of carbonyl (C=O) groups excluding carboxylic acids is 1. The van der Waals surface area contributed by atoms with Crippen molar-refractivity contribution in [3.63, 3.8) is 0 Å². The number of hydrogen-bond acceptors (Lipinski definition) is 4. The molecule has 0 atom stereocenters. The summed E-state index contributed by atoms with van der Waals surface area (Å²) in [6, 6.07) is 2.96. The van der Waals surface area contributed by atoms with Gasteiger partial charge in [0.1, 0.15) is 0 Å². The lowest BCUT2D eigenvalue weighted by Gasteiger charge is -2.07. The molecule has 0 aromatic heterocycles. The van der Waals surface area contributed by atoms with Crippen LogP contribution in [0, 0.1) is 6.92 Å². The van der Waals surface area contributed by atoms with Crippen molar-refractivity contribution < 1.29 is 13.2 Å². The third kappa shape index (κ3) is 1.99. The van der Waals surface area contributed by atoms with Crippen molar-refractivity contribution in [3.8, 4) is 0 Å². The number of benzene rings is 1. The molecule has 6 nitrogen and oxygen atoms in total. The molecule has 0 saturated carbocycles. The fourth-order valence-corrected chi connectivity index (χ4v) is 2.87. The number of hydrazine groups is 1. The minimum atomic E-state index is -3.61. The molecule has 1 aliphatic heterocycles. The molecule has 0 bridgehead atoms. The van der Waals surface area contributed by atoms with Crippen molar-refractivity contribution in [1.82, 2.24) is 10.3 Å². The maximum Gasteiger partial charge on any atom is 0.270 e. The normalized spacial score (nSPS) is 14.1. The van der Waals surface area contributed by atoms with Crippen LogP contribution in [0.25, 0.3) is 6.08 Å². The van der Waals surface area contributed by atoms with Crippen LogP contribution in [0.3, 0.4) is 0 Å². The summed E-state index contributed by atoms with van der Waals surface area (Å²) in [6.45, 7) is 1.65. The van der Waals surface area contributed by atoms with Gasteiger partial charge in [-0.15, -0.1) is 4.83 Å². The zero-order valence-corrected chi connectivity index (χ0v) is 10.1. The molecule has 17 heavy (non-hydrogen) atoms. The molecule has 2 rings (SSSR count). The Morgan fingerprint density at radius 3 is 2.65 bits per heavy atom. The van der Waals surface area contributed by atoms with Gasteiger partial charge in [0.2, 0.25) is 0 Å². The molecule has 0 fully saturated rings. The van der Waals surface area contributed by atoms with Crippen molar-refractivity contribution in [2.24, 2.45) is 4.99 Å². The van der Waals surface area contributed by atoms with Crippen LogP contribution in [0.1, 0.15) is 5.56 Å². The van der Waals surface area contributed by atoms with E-state index in [-0.39, 0.29) is 10.8 Å². The summed E-state index contributed by atoms with van der Waals surface area (Å²) < 4.78 is 23.7. The van der Waals surface area contributed by atoms with Gasteiger partial charge in [0.05, 0.1) is 10.3 Å². The summed E-state index contributed by atoms with van der Waals surface area (Å²) in [5.74, 6) is -0.362. The van der Waals surface area contributed by atoms with Gasteiger partial charge >= 0.3 is 0 Å². The van der Waals surface area contributed by atoms with E-state index in [0.29, 0.717) is 16.1 Å². The van der Waals surface area contributed by atoms with E-state index >= 15 is 0 Å². The Morgan fingerprint density at radius 1 is 1.29 bits per heavy atom. The van der Waals surface area contributed by atoms with Crippen molar-refractivity contribution in [2.45, 2.75) is 11.8 Å². The van der Waals surface area contributed by atoms with E-state index in [9.17, 15) is 13.2 Å². The molecule has 0 radical (unpaired) electrons. The number of rotatable bonds is 3. The van der Waals surface area contributed by atoms with Gasteiger partial charge in [-0.25, -0.2) is 18.8 Å². The Morgan fingerprint density at radius 2 is 2.00 bits per heavy atom. The number of amides is 1. The maximum atomic E-state index is 11.8. The van der Waals surface area contributed by atoms with Crippen LogP contribution in [-0.4, -0.2) is 21.4 Å². The monoisotopic (exact) mass is 253 g/mol. The maximum absolute atomic E-state index is 11.8. The van der Waals surface area contributed by atoms with E-state index in [2.05, 4.69) is 15.2 Å². The molecule has 7 heteroatoms. The predicted octanol–water partition coefficient (Wildman–Crippen LogP) is -1.65. The quantitative estimate of drug-likeness (QED) is 0.632. The minimum Gasteiger partial charge on any atom is -0.267 e. The van der Waals surface area contributed by atoms with E-state index in [1.54, 1.807) is 6.92 Å². The van der Waals surface area contributed by atoms with Gasteiger partial charge in [0, 0.05) is 11.3 Å². The molecular weight excluding hydrogens is 242 g/mol. The molecule has 1 aromatic rings. The third-order valence-corrected chi connectivity index (χ3v) is 3.96. The molecule has 90 valence electrons. The molecule has 0 aliphatic carbocycles. The summed E-state index contributed by atoms with van der Waals surface area (Å²) in [7, 11) is -2.15. The fourth-order valence-electron chi connectivity index (χ4n) is 1.73. The standard InChI is InChI=1S/C10H11N3O3S/c1-6-7-5-10(14)12-8(7)3-4-9(6)17(15,16)13-11-2/h3-5,11,13H,1-2H3. The molecule has 1 amide bonds. The van der Waals surface area contributed by atoms with Crippen molar-refractivity contribution in [1.29, 1.82) is 0 Å². The van der Waals surface area contributed by atoms with E-state index in [0.717, 1.165) is 0 Å². The molecule has 1 aromatic carbocycles. The first-order valence-electron chi connectivity index (χ1n) is 4.88. The smallest absolute Gasteiger partial charge is 0.267 e. The zero-order chi connectivity index (χ0) is 12.6. The number of carbonyl (C=O) groups is 1. The van der Waals surface area contributed by atoms with Gasteiger partial charge in [0.15, 0.2) is 0 Å². The molecule has 0 unspecified atom stereocenters. The molecule has 0 saturated heterocycles. The first-order chi connectivity index (χ1) is 7.95. The average Bonchev–Trinajstić information content (AvgIpc) is 2.59. The zero-order valence-electron chi connectivity index (χ0n) is 9.31. The summed E-state index contributed by atoms with van der Waals surface area (Å²) >= 11 is 0. The molecule has 0 spiro atoms. The Bertz CT molecular complexity index is 707. The topological polar surface area (TPSA) is 87.6 Å². The number of nitrogens with one attached hydrogen (secondary N) is 2. The second-order valence-electron chi connectivity index (χ2n) is 3.57. The average molecular weight is 253 g/mol. The fraction of sp³-hybridized carbons (Fsp3) is 0.200. The summed E-state index contributed by atoms with van der Waals surface area (Å²) in [5.41, 5.74) is 2.89. The van der Waals surface area contributed by atoms with Gasteiger partial charge in [-0.05, 0) is 31.7 Å². The highest BCUT2D eigenvalue weighted by molar-refractivity contribution is 7.89. The second kappa shape index (κ2) is 4.02. The summed E-state index contributed by atoms with van der Waals surface area (Å²) in [6.07, 6.45) is 1.34. The highest BCUT2D eigenvalue weighted by Crippen LogP contribution is 2.09. The van der Waals surface area contributed by atoms with E-state index in [1.807, 2.05) is 0 Å². The van der Waals surface area contributed by atoms with Gasteiger partial charge < -0.3 is 0 Å². The van der Waals surface area contributed by atoms with Crippen LogP contribution in [0.15, 0.2) is 22.0 Å².